The molecule has 0 radical (unpaired) electrons. The molecule has 2 heterocycles. The number of rotatable bonds is 5. The number of aromatic nitrogens is 3. The maximum atomic E-state index is 13.4. The number of nitrogens with zero attached hydrogens (tertiary/aromatic N) is 4. The third-order valence-electron chi connectivity index (χ3n) is 5.85. The van der Waals surface area contributed by atoms with Crippen LogP contribution in [0, 0.1) is 45.9 Å². The second kappa shape index (κ2) is 8.47. The number of pyridine rings is 1. The lowest BCUT2D eigenvalue weighted by molar-refractivity contribution is 0.402. The number of nitriles is 1. The zero-order valence-corrected chi connectivity index (χ0v) is 20.7. The molecule has 0 atom stereocenters. The second-order valence-electron chi connectivity index (χ2n) is 8.40. The lowest BCUT2D eigenvalue weighted by Gasteiger charge is -2.15. The molecule has 0 aliphatic heterocycles. The summed E-state index contributed by atoms with van der Waals surface area (Å²) < 4.78 is 36.0. The molecule has 8 nitrogen and oxygen atoms in total. The van der Waals surface area contributed by atoms with Crippen molar-refractivity contribution < 1.29 is 13.2 Å². The van der Waals surface area contributed by atoms with Gasteiger partial charge in [0.1, 0.15) is 22.3 Å². The lowest BCUT2D eigenvalue weighted by atomic mass is 10.0. The Morgan fingerprint density at radius 1 is 0.971 bits per heavy atom. The van der Waals surface area contributed by atoms with Crippen LogP contribution in [0.3, 0.4) is 0 Å². The summed E-state index contributed by atoms with van der Waals surface area (Å²) in [6, 6.07) is 11.2. The van der Waals surface area contributed by atoms with Gasteiger partial charge in [0.25, 0.3) is 10.0 Å². The first-order valence-corrected chi connectivity index (χ1v) is 12.1. The number of hydrogen-bond acceptors (Lipinski definition) is 6. The number of methoxy groups -OCH3 is 1. The number of ether oxygens (including phenoxy) is 1. The molecule has 0 aliphatic rings. The first-order chi connectivity index (χ1) is 16.1. The van der Waals surface area contributed by atoms with Crippen molar-refractivity contribution in [3.8, 4) is 17.6 Å². The summed E-state index contributed by atoms with van der Waals surface area (Å²) in [6.45, 7) is 9.67. The van der Waals surface area contributed by atoms with Crippen LogP contribution in [-0.4, -0.2) is 30.3 Å². The summed E-state index contributed by atoms with van der Waals surface area (Å²) in [5.74, 6) is 0.632. The van der Waals surface area contributed by atoms with Gasteiger partial charge in [-0.25, -0.2) is 13.4 Å². The summed E-state index contributed by atoms with van der Waals surface area (Å²) in [7, 11) is -2.69. The molecule has 4 rings (SSSR count). The molecule has 1 N–H and O–H groups in total. The Morgan fingerprint density at radius 3 is 2.35 bits per heavy atom. The van der Waals surface area contributed by atoms with Crippen molar-refractivity contribution in [2.24, 2.45) is 0 Å². The van der Waals surface area contributed by atoms with Gasteiger partial charge in [-0.05, 0) is 81.1 Å². The van der Waals surface area contributed by atoms with E-state index in [1.165, 1.54) is 18.0 Å². The summed E-state index contributed by atoms with van der Waals surface area (Å²) in [5.41, 5.74) is 5.66. The summed E-state index contributed by atoms with van der Waals surface area (Å²) >= 11 is 0. The number of benzene rings is 2. The smallest absolute Gasteiger partial charge is 0.266 e. The van der Waals surface area contributed by atoms with Crippen LogP contribution in [0.1, 0.15) is 33.4 Å². The largest absolute Gasteiger partial charge is 0.495 e. The SMILES string of the molecule is COc1cc(C)c(C)cc1S(=O)(=O)Nc1c(C#N)cnn1-c1cc(C)c2cc(C)cc(C)c2n1. The molecule has 0 amide bonds. The Morgan fingerprint density at radius 2 is 1.68 bits per heavy atom. The van der Waals surface area contributed by atoms with E-state index >= 15 is 0 Å². The molecular formula is C25H25N5O3S. The quantitative estimate of drug-likeness (QED) is 0.450. The van der Waals surface area contributed by atoms with Gasteiger partial charge in [-0.15, -0.1) is 0 Å². The van der Waals surface area contributed by atoms with Gasteiger partial charge in [0.2, 0.25) is 0 Å². The Hall–Kier alpha value is -3.90. The number of sulfonamides is 1. The van der Waals surface area contributed by atoms with E-state index in [9.17, 15) is 13.7 Å². The van der Waals surface area contributed by atoms with E-state index in [0.29, 0.717) is 5.82 Å². The van der Waals surface area contributed by atoms with E-state index in [0.717, 1.165) is 38.7 Å². The number of anilines is 1. The molecule has 174 valence electrons. The first kappa shape index (κ1) is 23.3. The van der Waals surface area contributed by atoms with Crippen LogP contribution in [0.2, 0.25) is 0 Å². The molecule has 2 aromatic carbocycles. The van der Waals surface area contributed by atoms with Crippen molar-refractivity contribution in [3.05, 3.63) is 69.9 Å². The predicted octanol–water partition coefficient (Wildman–Crippen LogP) is 4.64. The van der Waals surface area contributed by atoms with Crippen molar-refractivity contribution >= 4 is 26.7 Å². The van der Waals surface area contributed by atoms with Crippen LogP contribution in [0.25, 0.3) is 16.7 Å². The van der Waals surface area contributed by atoms with Crippen LogP contribution >= 0.6 is 0 Å². The Balaban J connectivity index is 1.88. The van der Waals surface area contributed by atoms with Gasteiger partial charge < -0.3 is 4.74 Å². The zero-order valence-electron chi connectivity index (χ0n) is 19.9. The molecule has 9 heteroatoms. The third-order valence-corrected chi connectivity index (χ3v) is 7.21. The highest BCUT2D eigenvalue weighted by Crippen LogP contribution is 2.31. The first-order valence-electron chi connectivity index (χ1n) is 10.6. The molecule has 4 aromatic rings. The highest BCUT2D eigenvalue weighted by atomic mass is 32.2. The minimum atomic E-state index is -4.11. The van der Waals surface area contributed by atoms with Crippen LogP contribution in [-0.2, 0) is 10.0 Å². The Bertz CT molecular complexity index is 1600. The minimum Gasteiger partial charge on any atom is -0.495 e. The molecule has 0 aliphatic carbocycles. The van der Waals surface area contributed by atoms with E-state index < -0.39 is 10.0 Å². The van der Waals surface area contributed by atoms with Crippen LogP contribution in [0.4, 0.5) is 5.82 Å². The van der Waals surface area contributed by atoms with Gasteiger partial charge in [-0.1, -0.05) is 11.6 Å². The molecule has 0 bridgehead atoms. The summed E-state index contributed by atoms with van der Waals surface area (Å²) in [4.78, 5) is 4.72. The van der Waals surface area contributed by atoms with Crippen LogP contribution in [0.15, 0.2) is 41.4 Å². The van der Waals surface area contributed by atoms with Gasteiger partial charge in [-0.3, -0.25) is 4.72 Å². The second-order valence-corrected chi connectivity index (χ2v) is 10.0. The van der Waals surface area contributed by atoms with Crippen molar-refractivity contribution in [1.29, 1.82) is 5.26 Å². The summed E-state index contributed by atoms with van der Waals surface area (Å²) in [6.07, 6.45) is 1.32. The van der Waals surface area contributed by atoms with Crippen molar-refractivity contribution in [2.45, 2.75) is 39.5 Å². The molecule has 0 fully saturated rings. The maximum Gasteiger partial charge on any atom is 0.266 e. The topological polar surface area (TPSA) is 110 Å². The van der Waals surface area contributed by atoms with Gasteiger partial charge >= 0.3 is 0 Å². The lowest BCUT2D eigenvalue weighted by Crippen LogP contribution is -2.18. The molecule has 0 spiro atoms. The van der Waals surface area contributed by atoms with E-state index in [2.05, 4.69) is 15.9 Å². The molecule has 0 saturated heterocycles. The molecule has 2 aromatic heterocycles. The number of hydrogen-bond donors (Lipinski definition) is 1. The molecule has 34 heavy (non-hydrogen) atoms. The van der Waals surface area contributed by atoms with Crippen LogP contribution < -0.4 is 9.46 Å². The Labute approximate surface area is 198 Å². The third kappa shape index (κ3) is 3.97. The Kier molecular flexibility index (Phi) is 5.79. The van der Waals surface area contributed by atoms with Crippen molar-refractivity contribution in [3.63, 3.8) is 0 Å². The van der Waals surface area contributed by atoms with E-state index in [4.69, 9.17) is 9.72 Å². The fourth-order valence-corrected chi connectivity index (χ4v) is 5.25. The van der Waals surface area contributed by atoms with Crippen molar-refractivity contribution in [2.75, 3.05) is 11.8 Å². The standard InChI is InChI=1S/C25H25N5O3S/c1-14-7-18(5)24-20(8-14)17(4)11-23(28-24)30-25(19(12-26)13-27-30)29-34(31,32)22-10-16(3)15(2)9-21(22)33-6/h7-11,13,29H,1-6H3. The van der Waals surface area contributed by atoms with Gasteiger partial charge in [0, 0.05) is 5.39 Å². The van der Waals surface area contributed by atoms with E-state index in [1.54, 1.807) is 12.1 Å². The van der Waals surface area contributed by atoms with Gasteiger partial charge in [0.05, 0.1) is 18.8 Å². The maximum absolute atomic E-state index is 13.4. The van der Waals surface area contributed by atoms with E-state index in [-0.39, 0.29) is 22.0 Å². The van der Waals surface area contributed by atoms with Crippen LogP contribution in [0.5, 0.6) is 5.75 Å². The highest BCUT2D eigenvalue weighted by Gasteiger charge is 2.25. The van der Waals surface area contributed by atoms with E-state index in [1.807, 2.05) is 52.8 Å². The molecular weight excluding hydrogens is 450 g/mol. The number of fused-ring (bicyclic) bond motifs is 1. The van der Waals surface area contributed by atoms with Crippen molar-refractivity contribution in [1.82, 2.24) is 14.8 Å². The number of aryl methyl sites for hydroxylation is 5. The molecule has 0 unspecified atom stereocenters. The van der Waals surface area contributed by atoms with Gasteiger partial charge in [-0.2, -0.15) is 15.0 Å². The zero-order chi connectivity index (χ0) is 24.8. The average molecular weight is 476 g/mol. The highest BCUT2D eigenvalue weighted by molar-refractivity contribution is 7.92. The average Bonchev–Trinajstić information content (AvgIpc) is 3.17. The molecule has 0 saturated carbocycles. The minimum absolute atomic E-state index is 0.0128. The summed E-state index contributed by atoms with van der Waals surface area (Å²) in [5, 5.41) is 14.9. The fraction of sp³-hybridized carbons (Fsp3) is 0.240. The normalized spacial score (nSPS) is 11.4. The monoisotopic (exact) mass is 475 g/mol. The number of nitrogens with one attached hydrogen (secondary N) is 1. The van der Waals surface area contributed by atoms with Gasteiger partial charge in [0.15, 0.2) is 11.6 Å². The predicted molar refractivity (Wildman–Crippen MR) is 131 cm³/mol. The fourth-order valence-electron chi connectivity index (χ4n) is 3.95.